The van der Waals surface area contributed by atoms with E-state index in [0.717, 1.165) is 19.4 Å². The zero-order chi connectivity index (χ0) is 10.9. The standard InChI is InChI=1S/C10H20N2O3/c1-14-7-8-15-6-5-12-10(13)9-3-2-4-11-9/h9,11H,2-8H2,1H3,(H,12,13)/t9-/m1/s1. The first-order valence-electron chi connectivity index (χ1n) is 5.42. The van der Waals surface area contributed by atoms with Gasteiger partial charge in [0.2, 0.25) is 5.91 Å². The second-order valence-electron chi connectivity index (χ2n) is 3.55. The minimum absolute atomic E-state index is 0.00368. The van der Waals surface area contributed by atoms with E-state index in [1.54, 1.807) is 7.11 Å². The number of carbonyl (C=O) groups is 1. The topological polar surface area (TPSA) is 59.6 Å². The molecule has 0 radical (unpaired) electrons. The van der Waals surface area contributed by atoms with Crippen molar-refractivity contribution in [2.45, 2.75) is 18.9 Å². The SMILES string of the molecule is COCCOCCNC(=O)[C@H]1CCCN1. The Hall–Kier alpha value is -0.650. The summed E-state index contributed by atoms with van der Waals surface area (Å²) in [6, 6.07) is 0.00368. The van der Waals surface area contributed by atoms with Crippen molar-refractivity contribution in [3.05, 3.63) is 0 Å². The van der Waals surface area contributed by atoms with Crippen molar-refractivity contribution in [3.63, 3.8) is 0 Å². The van der Waals surface area contributed by atoms with E-state index in [-0.39, 0.29) is 11.9 Å². The predicted molar refractivity (Wildman–Crippen MR) is 56.7 cm³/mol. The van der Waals surface area contributed by atoms with Gasteiger partial charge in [-0.3, -0.25) is 4.79 Å². The summed E-state index contributed by atoms with van der Waals surface area (Å²) in [5, 5.41) is 5.98. The Labute approximate surface area is 90.5 Å². The molecule has 0 aromatic carbocycles. The Morgan fingerprint density at radius 3 is 3.00 bits per heavy atom. The largest absolute Gasteiger partial charge is 0.382 e. The minimum Gasteiger partial charge on any atom is -0.382 e. The zero-order valence-electron chi connectivity index (χ0n) is 9.25. The molecule has 88 valence electrons. The number of amides is 1. The summed E-state index contributed by atoms with van der Waals surface area (Å²) >= 11 is 0. The van der Waals surface area contributed by atoms with Crippen LogP contribution >= 0.6 is 0 Å². The first kappa shape index (κ1) is 12.4. The molecule has 1 aliphatic heterocycles. The van der Waals surface area contributed by atoms with Crippen LogP contribution in [0.2, 0.25) is 0 Å². The van der Waals surface area contributed by atoms with Crippen LogP contribution in [0.15, 0.2) is 0 Å². The van der Waals surface area contributed by atoms with Gasteiger partial charge in [-0.2, -0.15) is 0 Å². The normalized spacial score (nSPS) is 20.5. The maximum atomic E-state index is 11.5. The maximum absolute atomic E-state index is 11.5. The molecule has 0 aliphatic carbocycles. The summed E-state index contributed by atoms with van der Waals surface area (Å²) in [7, 11) is 1.64. The van der Waals surface area contributed by atoms with Crippen molar-refractivity contribution in [1.29, 1.82) is 0 Å². The van der Waals surface area contributed by atoms with Crippen LogP contribution in [0.5, 0.6) is 0 Å². The lowest BCUT2D eigenvalue weighted by Gasteiger charge is -2.10. The summed E-state index contributed by atoms with van der Waals surface area (Å²) < 4.78 is 10.1. The average Bonchev–Trinajstić information content (AvgIpc) is 2.76. The Morgan fingerprint density at radius 1 is 1.47 bits per heavy atom. The molecule has 1 amide bonds. The number of hydrogen-bond acceptors (Lipinski definition) is 4. The number of ether oxygens (including phenoxy) is 2. The lowest BCUT2D eigenvalue weighted by atomic mass is 10.2. The number of hydrogen-bond donors (Lipinski definition) is 2. The maximum Gasteiger partial charge on any atom is 0.237 e. The highest BCUT2D eigenvalue weighted by atomic mass is 16.5. The van der Waals surface area contributed by atoms with E-state index in [1.807, 2.05) is 0 Å². The first-order valence-corrected chi connectivity index (χ1v) is 5.42. The van der Waals surface area contributed by atoms with Crippen molar-refractivity contribution in [2.24, 2.45) is 0 Å². The highest BCUT2D eigenvalue weighted by molar-refractivity contribution is 5.81. The quantitative estimate of drug-likeness (QED) is 0.564. The van der Waals surface area contributed by atoms with Gasteiger partial charge in [0.15, 0.2) is 0 Å². The highest BCUT2D eigenvalue weighted by Gasteiger charge is 2.20. The zero-order valence-corrected chi connectivity index (χ0v) is 9.25. The molecule has 1 heterocycles. The third-order valence-electron chi connectivity index (χ3n) is 2.35. The van der Waals surface area contributed by atoms with E-state index in [1.165, 1.54) is 0 Å². The molecular weight excluding hydrogens is 196 g/mol. The Morgan fingerprint density at radius 2 is 2.33 bits per heavy atom. The van der Waals surface area contributed by atoms with Crippen LogP contribution in [-0.4, -0.2) is 52.0 Å². The van der Waals surface area contributed by atoms with Crippen molar-refractivity contribution in [1.82, 2.24) is 10.6 Å². The van der Waals surface area contributed by atoms with E-state index < -0.39 is 0 Å². The number of methoxy groups -OCH3 is 1. The second kappa shape index (κ2) is 7.62. The average molecular weight is 216 g/mol. The van der Waals surface area contributed by atoms with Crippen LogP contribution in [0, 0.1) is 0 Å². The molecule has 0 aromatic rings. The lowest BCUT2D eigenvalue weighted by molar-refractivity contribution is -0.123. The van der Waals surface area contributed by atoms with Gasteiger partial charge in [0.1, 0.15) is 0 Å². The van der Waals surface area contributed by atoms with Gasteiger partial charge in [-0.25, -0.2) is 0 Å². The summed E-state index contributed by atoms with van der Waals surface area (Å²) in [6.07, 6.45) is 2.03. The van der Waals surface area contributed by atoms with Crippen LogP contribution in [0.3, 0.4) is 0 Å². The Kier molecular flexibility index (Phi) is 6.31. The number of rotatable bonds is 7. The van der Waals surface area contributed by atoms with Crippen LogP contribution in [0.4, 0.5) is 0 Å². The van der Waals surface area contributed by atoms with E-state index in [9.17, 15) is 4.79 Å². The van der Waals surface area contributed by atoms with Gasteiger partial charge in [-0.15, -0.1) is 0 Å². The molecule has 0 saturated carbocycles. The molecule has 0 aromatic heterocycles. The molecule has 5 nitrogen and oxygen atoms in total. The molecule has 1 saturated heterocycles. The monoisotopic (exact) mass is 216 g/mol. The third-order valence-corrected chi connectivity index (χ3v) is 2.35. The summed E-state index contributed by atoms with van der Waals surface area (Å²) in [4.78, 5) is 11.5. The van der Waals surface area contributed by atoms with E-state index in [4.69, 9.17) is 9.47 Å². The first-order chi connectivity index (χ1) is 7.34. The number of nitrogens with one attached hydrogen (secondary N) is 2. The van der Waals surface area contributed by atoms with Gasteiger partial charge in [-0.1, -0.05) is 0 Å². The van der Waals surface area contributed by atoms with Crippen LogP contribution < -0.4 is 10.6 Å². The molecule has 1 fully saturated rings. The smallest absolute Gasteiger partial charge is 0.237 e. The van der Waals surface area contributed by atoms with Crippen LogP contribution in [0.1, 0.15) is 12.8 Å². The van der Waals surface area contributed by atoms with E-state index in [2.05, 4.69) is 10.6 Å². The molecular formula is C10H20N2O3. The van der Waals surface area contributed by atoms with Gasteiger partial charge in [0.25, 0.3) is 0 Å². The Bertz CT molecular complexity index is 182. The summed E-state index contributed by atoms with van der Waals surface area (Å²) in [6.45, 7) is 3.23. The third kappa shape index (κ3) is 5.11. The predicted octanol–water partition coefficient (Wildman–Crippen LogP) is -0.482. The van der Waals surface area contributed by atoms with Gasteiger partial charge in [0.05, 0.1) is 25.9 Å². The molecule has 0 spiro atoms. The lowest BCUT2D eigenvalue weighted by Crippen LogP contribution is -2.41. The molecule has 15 heavy (non-hydrogen) atoms. The minimum atomic E-state index is 0.00368. The van der Waals surface area contributed by atoms with Crippen molar-refractivity contribution in [3.8, 4) is 0 Å². The van der Waals surface area contributed by atoms with E-state index in [0.29, 0.717) is 26.4 Å². The van der Waals surface area contributed by atoms with Crippen LogP contribution in [-0.2, 0) is 14.3 Å². The summed E-state index contributed by atoms with van der Waals surface area (Å²) in [5.74, 6) is 0.0860. The van der Waals surface area contributed by atoms with E-state index >= 15 is 0 Å². The van der Waals surface area contributed by atoms with Crippen molar-refractivity contribution < 1.29 is 14.3 Å². The molecule has 5 heteroatoms. The van der Waals surface area contributed by atoms with Gasteiger partial charge >= 0.3 is 0 Å². The van der Waals surface area contributed by atoms with Crippen LogP contribution in [0.25, 0.3) is 0 Å². The van der Waals surface area contributed by atoms with Gasteiger partial charge < -0.3 is 20.1 Å². The Balaban J connectivity index is 1.92. The fraction of sp³-hybridized carbons (Fsp3) is 0.900. The highest BCUT2D eigenvalue weighted by Crippen LogP contribution is 2.03. The van der Waals surface area contributed by atoms with Crippen molar-refractivity contribution in [2.75, 3.05) is 40.0 Å². The van der Waals surface area contributed by atoms with Crippen molar-refractivity contribution >= 4 is 5.91 Å². The molecule has 1 rings (SSSR count). The molecule has 2 N–H and O–H groups in total. The molecule has 0 unspecified atom stereocenters. The fourth-order valence-corrected chi connectivity index (χ4v) is 1.52. The summed E-state index contributed by atoms with van der Waals surface area (Å²) in [5.41, 5.74) is 0. The molecule has 0 bridgehead atoms. The molecule has 1 aliphatic rings. The second-order valence-corrected chi connectivity index (χ2v) is 3.55. The number of carbonyl (C=O) groups excluding carboxylic acids is 1. The fourth-order valence-electron chi connectivity index (χ4n) is 1.52. The van der Waals surface area contributed by atoms with Gasteiger partial charge in [-0.05, 0) is 19.4 Å². The van der Waals surface area contributed by atoms with Gasteiger partial charge in [0, 0.05) is 13.7 Å². The molecule has 1 atom stereocenters.